The van der Waals surface area contributed by atoms with Crippen molar-refractivity contribution >= 4 is 22.6 Å². The van der Waals surface area contributed by atoms with Gasteiger partial charge in [-0.25, -0.2) is 4.79 Å². The topological polar surface area (TPSA) is 104 Å². The van der Waals surface area contributed by atoms with Gasteiger partial charge in [-0.1, -0.05) is 0 Å². The quantitative estimate of drug-likeness (QED) is 0.626. The Morgan fingerprint density at radius 1 is 1.28 bits per heavy atom. The van der Waals surface area contributed by atoms with Crippen LogP contribution in [0.4, 0.5) is 5.69 Å². The van der Waals surface area contributed by atoms with Gasteiger partial charge in [0.25, 0.3) is 0 Å². The normalized spacial score (nSPS) is 17.4. The number of carbonyl (C=O) groups is 1. The summed E-state index contributed by atoms with van der Waals surface area (Å²) in [5.41, 5.74) is 6.97. The van der Waals surface area contributed by atoms with Crippen molar-refractivity contribution in [3.8, 4) is 0 Å². The molecule has 1 amide bonds. The van der Waals surface area contributed by atoms with Crippen molar-refractivity contribution in [1.29, 1.82) is 0 Å². The number of aromatic nitrogens is 2. The van der Waals surface area contributed by atoms with E-state index >= 15 is 0 Å². The molecule has 0 unspecified atom stereocenters. The predicted octanol–water partition coefficient (Wildman–Crippen LogP) is 0.676. The van der Waals surface area contributed by atoms with Crippen LogP contribution >= 0.6 is 0 Å². The van der Waals surface area contributed by atoms with Gasteiger partial charge in [0.1, 0.15) is 0 Å². The Morgan fingerprint density at radius 3 is 2.67 bits per heavy atom. The first-order valence-electron chi connectivity index (χ1n) is 5.89. The zero-order valence-corrected chi connectivity index (χ0v) is 9.75. The summed E-state index contributed by atoms with van der Waals surface area (Å²) in [6.07, 6.45) is 2.44. The molecule has 1 fully saturated rings. The van der Waals surface area contributed by atoms with Crippen molar-refractivity contribution in [3.05, 3.63) is 28.7 Å². The van der Waals surface area contributed by atoms with E-state index in [1.807, 2.05) is 0 Å². The van der Waals surface area contributed by atoms with Gasteiger partial charge < -0.3 is 21.0 Å². The standard InChI is InChI=1S/C12H14N4O2/c13-12(4-1-5-12)10(17)14-7-2-3-8-9(6-7)16-11(18)15-8/h2-3,6H,1,4-5,13H2,(H,14,17)(H2,15,16,18). The van der Waals surface area contributed by atoms with E-state index < -0.39 is 5.54 Å². The van der Waals surface area contributed by atoms with E-state index in [4.69, 9.17) is 5.73 Å². The molecule has 6 heteroatoms. The molecular formula is C12H14N4O2. The first-order valence-corrected chi connectivity index (χ1v) is 5.89. The number of H-pyrrole nitrogens is 2. The molecule has 1 aromatic heterocycles. The lowest BCUT2D eigenvalue weighted by molar-refractivity contribution is -0.123. The molecule has 0 aliphatic heterocycles. The van der Waals surface area contributed by atoms with Gasteiger partial charge in [0, 0.05) is 5.69 Å². The van der Waals surface area contributed by atoms with E-state index in [0.29, 0.717) is 16.7 Å². The van der Waals surface area contributed by atoms with Gasteiger partial charge in [0.15, 0.2) is 0 Å². The molecule has 5 N–H and O–H groups in total. The molecule has 18 heavy (non-hydrogen) atoms. The minimum Gasteiger partial charge on any atom is -0.324 e. The number of hydrogen-bond acceptors (Lipinski definition) is 3. The highest BCUT2D eigenvalue weighted by atomic mass is 16.2. The second kappa shape index (κ2) is 3.71. The van der Waals surface area contributed by atoms with Gasteiger partial charge in [0.2, 0.25) is 5.91 Å². The molecule has 1 saturated carbocycles. The molecule has 3 rings (SSSR count). The summed E-state index contributed by atoms with van der Waals surface area (Å²) in [7, 11) is 0. The molecule has 0 saturated heterocycles. The lowest BCUT2D eigenvalue weighted by Crippen LogP contribution is -2.56. The average Bonchev–Trinajstić information content (AvgIpc) is 2.65. The largest absolute Gasteiger partial charge is 0.324 e. The van der Waals surface area contributed by atoms with Crippen molar-refractivity contribution in [3.63, 3.8) is 0 Å². The number of nitrogens with two attached hydrogens (primary N) is 1. The van der Waals surface area contributed by atoms with Crippen LogP contribution in [0.15, 0.2) is 23.0 Å². The maximum Gasteiger partial charge on any atom is 0.323 e. The Balaban J connectivity index is 1.86. The molecule has 6 nitrogen and oxygen atoms in total. The number of fused-ring (bicyclic) bond motifs is 1. The number of anilines is 1. The Morgan fingerprint density at radius 2 is 2.00 bits per heavy atom. The Kier molecular flexibility index (Phi) is 2.27. The lowest BCUT2D eigenvalue weighted by Gasteiger charge is -2.36. The van der Waals surface area contributed by atoms with Gasteiger partial charge in [-0.2, -0.15) is 0 Å². The second-order valence-electron chi connectivity index (χ2n) is 4.80. The summed E-state index contributed by atoms with van der Waals surface area (Å²) in [6.45, 7) is 0. The first kappa shape index (κ1) is 11.0. The fourth-order valence-electron chi connectivity index (χ4n) is 2.15. The Bertz CT molecular complexity index is 666. The van der Waals surface area contributed by atoms with Crippen molar-refractivity contribution in [2.75, 3.05) is 5.32 Å². The van der Waals surface area contributed by atoms with Crippen LogP contribution in [-0.4, -0.2) is 21.4 Å². The van der Waals surface area contributed by atoms with Crippen molar-refractivity contribution in [1.82, 2.24) is 9.97 Å². The molecule has 0 spiro atoms. The maximum absolute atomic E-state index is 11.9. The fraction of sp³-hybridized carbons (Fsp3) is 0.333. The van der Waals surface area contributed by atoms with Crippen molar-refractivity contribution in [2.45, 2.75) is 24.8 Å². The molecule has 94 valence electrons. The SMILES string of the molecule is NC1(C(=O)Nc2ccc3[nH]c(=O)[nH]c3c2)CCC1. The van der Waals surface area contributed by atoms with Crippen LogP contribution in [0.25, 0.3) is 11.0 Å². The van der Waals surface area contributed by atoms with Gasteiger partial charge in [0.05, 0.1) is 16.6 Å². The van der Waals surface area contributed by atoms with Crippen molar-refractivity contribution in [2.24, 2.45) is 5.73 Å². The van der Waals surface area contributed by atoms with E-state index in [0.717, 1.165) is 19.3 Å². The Hall–Kier alpha value is -2.08. The summed E-state index contributed by atoms with van der Waals surface area (Å²) in [5, 5.41) is 2.79. The van der Waals surface area contributed by atoms with E-state index in [9.17, 15) is 9.59 Å². The van der Waals surface area contributed by atoms with E-state index in [1.165, 1.54) is 0 Å². The van der Waals surface area contributed by atoms with Gasteiger partial charge in [-0.05, 0) is 37.5 Å². The molecule has 1 aliphatic rings. The third-order valence-corrected chi connectivity index (χ3v) is 3.47. The predicted molar refractivity (Wildman–Crippen MR) is 68.3 cm³/mol. The average molecular weight is 246 g/mol. The van der Waals surface area contributed by atoms with Gasteiger partial charge in [-0.3, -0.25) is 4.79 Å². The molecule has 1 aromatic carbocycles. The smallest absolute Gasteiger partial charge is 0.323 e. The highest BCUT2D eigenvalue weighted by Crippen LogP contribution is 2.30. The molecule has 1 heterocycles. The fourth-order valence-corrected chi connectivity index (χ4v) is 2.15. The lowest BCUT2D eigenvalue weighted by atomic mass is 9.77. The molecule has 0 atom stereocenters. The molecule has 2 aromatic rings. The van der Waals surface area contributed by atoms with Crippen LogP contribution in [-0.2, 0) is 4.79 Å². The molecule has 0 radical (unpaired) electrons. The zero-order valence-electron chi connectivity index (χ0n) is 9.75. The summed E-state index contributed by atoms with van der Waals surface area (Å²) >= 11 is 0. The van der Waals surface area contributed by atoms with Crippen LogP contribution in [0, 0.1) is 0 Å². The highest BCUT2D eigenvalue weighted by molar-refractivity contribution is 5.99. The second-order valence-corrected chi connectivity index (χ2v) is 4.80. The van der Waals surface area contributed by atoms with Crippen LogP contribution in [0.2, 0.25) is 0 Å². The summed E-state index contributed by atoms with van der Waals surface area (Å²) in [4.78, 5) is 28.3. The van der Waals surface area contributed by atoms with Crippen LogP contribution < -0.4 is 16.7 Å². The van der Waals surface area contributed by atoms with E-state index in [-0.39, 0.29) is 11.6 Å². The minimum absolute atomic E-state index is 0.161. The van der Waals surface area contributed by atoms with E-state index in [1.54, 1.807) is 18.2 Å². The molecule has 1 aliphatic carbocycles. The number of carbonyl (C=O) groups excluding carboxylic acids is 1. The van der Waals surface area contributed by atoms with Gasteiger partial charge in [-0.15, -0.1) is 0 Å². The number of imidazole rings is 1. The number of amides is 1. The zero-order chi connectivity index (χ0) is 12.8. The highest BCUT2D eigenvalue weighted by Gasteiger charge is 2.40. The third kappa shape index (κ3) is 1.70. The molecule has 0 bridgehead atoms. The number of benzene rings is 1. The third-order valence-electron chi connectivity index (χ3n) is 3.47. The summed E-state index contributed by atoms with van der Waals surface area (Å²) in [5.74, 6) is -0.161. The van der Waals surface area contributed by atoms with Gasteiger partial charge >= 0.3 is 5.69 Å². The number of hydrogen-bond donors (Lipinski definition) is 4. The number of rotatable bonds is 2. The first-order chi connectivity index (χ1) is 8.57. The number of aromatic amines is 2. The van der Waals surface area contributed by atoms with Crippen LogP contribution in [0.1, 0.15) is 19.3 Å². The Labute approximate surface area is 103 Å². The summed E-state index contributed by atoms with van der Waals surface area (Å²) < 4.78 is 0. The summed E-state index contributed by atoms with van der Waals surface area (Å²) in [6, 6.07) is 5.20. The monoisotopic (exact) mass is 246 g/mol. The maximum atomic E-state index is 11.9. The molecular weight excluding hydrogens is 232 g/mol. The minimum atomic E-state index is -0.722. The van der Waals surface area contributed by atoms with Crippen LogP contribution in [0.5, 0.6) is 0 Å². The van der Waals surface area contributed by atoms with Crippen molar-refractivity contribution < 1.29 is 4.79 Å². The number of nitrogens with one attached hydrogen (secondary N) is 3. The van der Waals surface area contributed by atoms with Crippen LogP contribution in [0.3, 0.4) is 0 Å². The van der Waals surface area contributed by atoms with E-state index in [2.05, 4.69) is 15.3 Å².